The minimum absolute atomic E-state index is 0.208. The summed E-state index contributed by atoms with van der Waals surface area (Å²) >= 11 is 0. The average molecular weight is 283 g/mol. The fourth-order valence-electron chi connectivity index (χ4n) is 1.75. The van der Waals surface area contributed by atoms with Crippen molar-refractivity contribution < 1.29 is 9.18 Å². The van der Waals surface area contributed by atoms with E-state index in [-0.39, 0.29) is 30.5 Å². The number of carbonyl (C=O) groups is 1. The Hall–Kier alpha value is -2.71. The van der Waals surface area contributed by atoms with E-state index < -0.39 is 0 Å². The van der Waals surface area contributed by atoms with Gasteiger partial charge in [0.25, 0.3) is 5.91 Å². The van der Waals surface area contributed by atoms with Gasteiger partial charge in [-0.2, -0.15) is 0 Å². The van der Waals surface area contributed by atoms with E-state index in [4.69, 9.17) is 5.73 Å². The maximum absolute atomic E-state index is 13.1. The smallest absolute Gasteiger partial charge is 0.271 e. The van der Waals surface area contributed by atoms with Crippen molar-refractivity contribution in [3.63, 3.8) is 0 Å². The predicted octanol–water partition coefficient (Wildman–Crippen LogP) is 1.46. The minimum atomic E-state index is -0.360. The number of aromatic nitrogens is 1. The Kier molecular flexibility index (Phi) is 5.02. The first-order chi connectivity index (χ1) is 10.2. The summed E-state index contributed by atoms with van der Waals surface area (Å²) in [5.41, 5.74) is 6.74. The molecule has 106 valence electrons. The Morgan fingerprint density at radius 2 is 2.19 bits per heavy atom. The number of carbonyl (C=O) groups excluding carboxylic acids is 1. The SMILES string of the molecule is NCC#Cc1cccnc1C(=O)NCc1cccc(F)c1. The molecule has 0 saturated carbocycles. The Morgan fingerprint density at radius 1 is 1.33 bits per heavy atom. The average Bonchev–Trinajstić information content (AvgIpc) is 2.51. The molecule has 0 fully saturated rings. The van der Waals surface area contributed by atoms with Crippen molar-refractivity contribution in [2.24, 2.45) is 5.73 Å². The van der Waals surface area contributed by atoms with Crippen molar-refractivity contribution in [2.75, 3.05) is 6.54 Å². The van der Waals surface area contributed by atoms with E-state index in [0.29, 0.717) is 11.1 Å². The number of nitrogens with zero attached hydrogens (tertiary/aromatic N) is 1. The van der Waals surface area contributed by atoms with E-state index in [9.17, 15) is 9.18 Å². The molecule has 0 atom stereocenters. The molecule has 2 aromatic rings. The van der Waals surface area contributed by atoms with Crippen molar-refractivity contribution in [3.05, 3.63) is 65.2 Å². The molecule has 1 aromatic carbocycles. The molecule has 0 radical (unpaired) electrons. The lowest BCUT2D eigenvalue weighted by Gasteiger charge is -2.06. The van der Waals surface area contributed by atoms with Gasteiger partial charge in [-0.15, -0.1) is 0 Å². The predicted molar refractivity (Wildman–Crippen MR) is 77.7 cm³/mol. The van der Waals surface area contributed by atoms with Gasteiger partial charge < -0.3 is 11.1 Å². The number of rotatable bonds is 3. The molecular weight excluding hydrogens is 269 g/mol. The van der Waals surface area contributed by atoms with Gasteiger partial charge in [0.1, 0.15) is 11.5 Å². The lowest BCUT2D eigenvalue weighted by atomic mass is 10.1. The first-order valence-corrected chi connectivity index (χ1v) is 6.37. The number of halogens is 1. The van der Waals surface area contributed by atoms with Crippen LogP contribution in [-0.2, 0) is 6.54 Å². The molecule has 1 amide bonds. The van der Waals surface area contributed by atoms with E-state index in [2.05, 4.69) is 22.1 Å². The lowest BCUT2D eigenvalue weighted by molar-refractivity contribution is 0.0945. The molecule has 0 aliphatic rings. The van der Waals surface area contributed by atoms with E-state index in [1.54, 1.807) is 24.3 Å². The zero-order valence-corrected chi connectivity index (χ0v) is 11.3. The van der Waals surface area contributed by atoms with Gasteiger partial charge >= 0.3 is 0 Å². The van der Waals surface area contributed by atoms with Crippen LogP contribution < -0.4 is 11.1 Å². The summed E-state index contributed by atoms with van der Waals surface area (Å²) in [6.45, 7) is 0.427. The second-order valence-corrected chi connectivity index (χ2v) is 4.22. The summed E-state index contributed by atoms with van der Waals surface area (Å²) in [4.78, 5) is 16.2. The van der Waals surface area contributed by atoms with Crippen molar-refractivity contribution in [1.82, 2.24) is 10.3 Å². The number of nitrogens with two attached hydrogens (primary N) is 1. The van der Waals surface area contributed by atoms with Gasteiger partial charge in [-0.1, -0.05) is 24.0 Å². The van der Waals surface area contributed by atoms with Crippen LogP contribution in [0.5, 0.6) is 0 Å². The second-order valence-electron chi connectivity index (χ2n) is 4.22. The number of nitrogens with one attached hydrogen (secondary N) is 1. The zero-order chi connectivity index (χ0) is 15.1. The van der Waals surface area contributed by atoms with Gasteiger partial charge in [0, 0.05) is 12.7 Å². The summed E-state index contributed by atoms with van der Waals surface area (Å²) in [7, 11) is 0. The number of hydrogen-bond acceptors (Lipinski definition) is 3. The number of pyridine rings is 1. The van der Waals surface area contributed by atoms with Crippen LogP contribution in [0.25, 0.3) is 0 Å². The molecule has 5 heteroatoms. The normalized spacial score (nSPS) is 9.62. The Bertz CT molecular complexity index is 704. The van der Waals surface area contributed by atoms with Crippen molar-refractivity contribution in [2.45, 2.75) is 6.54 Å². The molecule has 21 heavy (non-hydrogen) atoms. The highest BCUT2D eigenvalue weighted by Crippen LogP contribution is 2.06. The molecule has 1 aromatic heterocycles. The maximum Gasteiger partial charge on any atom is 0.271 e. The Balaban J connectivity index is 2.10. The molecule has 2 rings (SSSR count). The topological polar surface area (TPSA) is 68.0 Å². The van der Waals surface area contributed by atoms with Crippen LogP contribution in [0, 0.1) is 17.7 Å². The monoisotopic (exact) mass is 283 g/mol. The van der Waals surface area contributed by atoms with Gasteiger partial charge in [-0.3, -0.25) is 4.79 Å². The van der Waals surface area contributed by atoms with Crippen LogP contribution in [0.15, 0.2) is 42.6 Å². The molecule has 0 unspecified atom stereocenters. The van der Waals surface area contributed by atoms with Crippen LogP contribution >= 0.6 is 0 Å². The molecular formula is C16H14FN3O. The lowest BCUT2D eigenvalue weighted by Crippen LogP contribution is -2.24. The largest absolute Gasteiger partial charge is 0.347 e. The minimum Gasteiger partial charge on any atom is -0.347 e. The number of hydrogen-bond donors (Lipinski definition) is 2. The third kappa shape index (κ3) is 4.13. The highest BCUT2D eigenvalue weighted by atomic mass is 19.1. The van der Waals surface area contributed by atoms with E-state index in [0.717, 1.165) is 0 Å². The molecule has 3 N–H and O–H groups in total. The molecule has 0 bridgehead atoms. The fraction of sp³-hybridized carbons (Fsp3) is 0.125. The molecule has 0 spiro atoms. The molecule has 1 heterocycles. The highest BCUT2D eigenvalue weighted by molar-refractivity contribution is 5.94. The standard InChI is InChI=1S/C16H14FN3O/c17-14-7-1-4-12(10-14)11-20-16(21)15-13(5-2-8-18)6-3-9-19-15/h1,3-4,6-7,9-10H,8,11,18H2,(H,20,21). The van der Waals surface area contributed by atoms with Gasteiger partial charge in [-0.25, -0.2) is 9.37 Å². The summed E-state index contributed by atoms with van der Waals surface area (Å²) in [5.74, 6) is 4.79. The molecule has 4 nitrogen and oxygen atoms in total. The van der Waals surface area contributed by atoms with Crippen LogP contribution in [0.4, 0.5) is 4.39 Å². The number of benzene rings is 1. The quantitative estimate of drug-likeness (QED) is 0.838. The van der Waals surface area contributed by atoms with Gasteiger partial charge in [0.05, 0.1) is 12.1 Å². The summed E-state index contributed by atoms with van der Waals surface area (Å²) < 4.78 is 13.1. The summed E-state index contributed by atoms with van der Waals surface area (Å²) in [6.07, 6.45) is 1.52. The molecule has 0 aliphatic heterocycles. The van der Waals surface area contributed by atoms with E-state index >= 15 is 0 Å². The van der Waals surface area contributed by atoms with Gasteiger partial charge in [-0.05, 0) is 29.8 Å². The van der Waals surface area contributed by atoms with Gasteiger partial charge in [0.15, 0.2) is 0 Å². The zero-order valence-electron chi connectivity index (χ0n) is 11.3. The Labute approximate surface area is 122 Å². The highest BCUT2D eigenvalue weighted by Gasteiger charge is 2.11. The number of amides is 1. The van der Waals surface area contributed by atoms with Crippen LogP contribution in [0.3, 0.4) is 0 Å². The van der Waals surface area contributed by atoms with Crippen LogP contribution in [0.2, 0.25) is 0 Å². The summed E-state index contributed by atoms with van der Waals surface area (Å²) in [5, 5.41) is 2.69. The van der Waals surface area contributed by atoms with Crippen molar-refractivity contribution in [1.29, 1.82) is 0 Å². The van der Waals surface area contributed by atoms with Crippen molar-refractivity contribution >= 4 is 5.91 Å². The van der Waals surface area contributed by atoms with E-state index in [1.165, 1.54) is 18.3 Å². The Morgan fingerprint density at radius 3 is 2.95 bits per heavy atom. The van der Waals surface area contributed by atoms with Crippen LogP contribution in [0.1, 0.15) is 21.6 Å². The van der Waals surface area contributed by atoms with Crippen LogP contribution in [-0.4, -0.2) is 17.4 Å². The first kappa shape index (κ1) is 14.7. The second kappa shape index (κ2) is 7.17. The summed E-state index contributed by atoms with van der Waals surface area (Å²) in [6, 6.07) is 9.45. The first-order valence-electron chi connectivity index (χ1n) is 6.37. The molecule has 0 aliphatic carbocycles. The fourth-order valence-corrected chi connectivity index (χ4v) is 1.75. The van der Waals surface area contributed by atoms with Gasteiger partial charge in [0.2, 0.25) is 0 Å². The van der Waals surface area contributed by atoms with Crippen molar-refractivity contribution in [3.8, 4) is 11.8 Å². The third-order valence-electron chi connectivity index (χ3n) is 2.69. The maximum atomic E-state index is 13.1. The molecule has 0 saturated heterocycles. The third-order valence-corrected chi connectivity index (χ3v) is 2.69. The van der Waals surface area contributed by atoms with E-state index in [1.807, 2.05) is 0 Å².